The van der Waals surface area contributed by atoms with E-state index in [0.29, 0.717) is 11.4 Å². The van der Waals surface area contributed by atoms with Crippen molar-refractivity contribution in [1.29, 1.82) is 5.26 Å². The molecular weight excluding hydrogens is 350 g/mol. The number of aryl methyl sites for hydroxylation is 1. The van der Waals surface area contributed by atoms with Crippen LogP contribution >= 0.6 is 0 Å². The third kappa shape index (κ3) is 2.92. The van der Waals surface area contributed by atoms with Crippen LogP contribution in [-0.4, -0.2) is 20.7 Å². The minimum absolute atomic E-state index is 0.234. The van der Waals surface area contributed by atoms with Crippen molar-refractivity contribution in [1.82, 2.24) is 9.38 Å². The lowest BCUT2D eigenvalue weighted by Gasteiger charge is -2.09. The maximum absolute atomic E-state index is 13.9. The Morgan fingerprint density at radius 3 is 2.80 bits per heavy atom. The summed E-state index contributed by atoms with van der Waals surface area (Å²) in [5, 5.41) is 8.93. The summed E-state index contributed by atoms with van der Waals surface area (Å²) in [4.78, 5) is 4.17. The fourth-order valence-corrected chi connectivity index (χ4v) is 3.28. The number of nitrogens with one attached hydrogen (secondary N) is 1. The van der Waals surface area contributed by atoms with Gasteiger partial charge in [-0.15, -0.1) is 0 Å². The molecule has 3 aromatic rings. The van der Waals surface area contributed by atoms with Crippen LogP contribution in [0.4, 0.5) is 14.5 Å². The standard InChI is InChI=1S/C16H12F2N4O2S/c1-9-3-4-22-14(8-20-16(22)15(9)24-2)25(23)21-13-6-11(17)10(7-19)5-12(13)18/h3-6,8,21H,1-2H3. The van der Waals surface area contributed by atoms with Crippen molar-refractivity contribution in [2.24, 2.45) is 0 Å². The van der Waals surface area contributed by atoms with Crippen LogP contribution in [0.15, 0.2) is 35.6 Å². The molecule has 25 heavy (non-hydrogen) atoms. The fraction of sp³-hybridized carbons (Fsp3) is 0.125. The van der Waals surface area contributed by atoms with Gasteiger partial charge >= 0.3 is 0 Å². The zero-order valence-electron chi connectivity index (χ0n) is 13.2. The van der Waals surface area contributed by atoms with Gasteiger partial charge < -0.3 is 4.74 Å². The summed E-state index contributed by atoms with van der Waals surface area (Å²) in [7, 11) is -0.416. The smallest absolute Gasteiger partial charge is 0.180 e. The zero-order valence-corrected chi connectivity index (χ0v) is 14.0. The molecule has 0 fully saturated rings. The van der Waals surface area contributed by atoms with Gasteiger partial charge in [0.2, 0.25) is 0 Å². The minimum atomic E-state index is -1.92. The van der Waals surface area contributed by atoms with Gasteiger partial charge in [0.1, 0.15) is 17.7 Å². The number of aromatic nitrogens is 2. The van der Waals surface area contributed by atoms with Crippen molar-refractivity contribution < 1.29 is 17.7 Å². The van der Waals surface area contributed by atoms with Gasteiger partial charge in [-0.1, -0.05) is 0 Å². The molecule has 0 spiro atoms. The maximum Gasteiger partial charge on any atom is 0.180 e. The summed E-state index contributed by atoms with van der Waals surface area (Å²) in [6.45, 7) is 1.84. The van der Waals surface area contributed by atoms with Crippen LogP contribution in [0.5, 0.6) is 5.75 Å². The highest BCUT2D eigenvalue weighted by Gasteiger charge is 2.17. The second-order valence-electron chi connectivity index (χ2n) is 5.12. The first-order valence-electron chi connectivity index (χ1n) is 7.04. The number of ether oxygens (including phenoxy) is 1. The number of methoxy groups -OCH3 is 1. The van der Waals surface area contributed by atoms with Crippen LogP contribution in [0, 0.1) is 29.9 Å². The molecule has 0 saturated heterocycles. The Kier molecular flexibility index (Phi) is 4.37. The quantitative estimate of drug-likeness (QED) is 0.774. The van der Waals surface area contributed by atoms with Crippen LogP contribution in [0.1, 0.15) is 11.1 Å². The zero-order chi connectivity index (χ0) is 18.1. The second kappa shape index (κ2) is 6.49. The molecule has 1 aromatic carbocycles. The molecule has 2 aromatic heterocycles. The van der Waals surface area contributed by atoms with E-state index < -0.39 is 28.2 Å². The van der Waals surface area contributed by atoms with Gasteiger partial charge in [0.25, 0.3) is 0 Å². The van der Waals surface area contributed by atoms with E-state index >= 15 is 0 Å². The maximum atomic E-state index is 13.9. The number of fused-ring (bicyclic) bond motifs is 1. The van der Waals surface area contributed by atoms with E-state index in [2.05, 4.69) is 9.71 Å². The van der Waals surface area contributed by atoms with Crippen LogP contribution in [-0.2, 0) is 11.0 Å². The molecule has 9 heteroatoms. The molecule has 0 aliphatic rings. The molecule has 6 nitrogen and oxygen atoms in total. The van der Waals surface area contributed by atoms with Gasteiger partial charge in [-0.25, -0.2) is 18.0 Å². The molecule has 1 N–H and O–H groups in total. The molecule has 2 heterocycles. The van der Waals surface area contributed by atoms with E-state index in [1.165, 1.54) is 23.8 Å². The number of benzene rings is 1. The molecule has 1 unspecified atom stereocenters. The Morgan fingerprint density at radius 1 is 1.36 bits per heavy atom. The molecule has 3 rings (SSSR count). The Bertz CT molecular complexity index is 1040. The molecule has 0 radical (unpaired) electrons. The first-order chi connectivity index (χ1) is 12.0. The second-order valence-corrected chi connectivity index (χ2v) is 6.28. The van der Waals surface area contributed by atoms with Gasteiger partial charge in [-0.05, 0) is 24.6 Å². The Labute approximate surface area is 144 Å². The van der Waals surface area contributed by atoms with E-state index in [0.717, 1.165) is 17.7 Å². The summed E-state index contributed by atoms with van der Waals surface area (Å²) < 4.78 is 49.4. The van der Waals surface area contributed by atoms with Gasteiger partial charge in [-0.3, -0.25) is 9.12 Å². The van der Waals surface area contributed by atoms with Gasteiger partial charge in [0.05, 0.1) is 24.6 Å². The van der Waals surface area contributed by atoms with Crippen molar-refractivity contribution >= 4 is 22.3 Å². The normalized spacial score (nSPS) is 12.0. The molecule has 0 saturated carbocycles. The summed E-state index contributed by atoms with van der Waals surface area (Å²) in [6, 6.07) is 4.84. The van der Waals surface area contributed by atoms with Crippen molar-refractivity contribution in [2.75, 3.05) is 11.8 Å². The highest BCUT2D eigenvalue weighted by Crippen LogP contribution is 2.26. The number of pyridine rings is 1. The van der Waals surface area contributed by atoms with Gasteiger partial charge in [-0.2, -0.15) is 5.26 Å². The molecule has 0 amide bonds. The van der Waals surface area contributed by atoms with E-state index in [4.69, 9.17) is 10.00 Å². The average Bonchev–Trinajstić information content (AvgIpc) is 3.01. The summed E-state index contributed by atoms with van der Waals surface area (Å²) in [5.74, 6) is -1.26. The lowest BCUT2D eigenvalue weighted by Crippen LogP contribution is -2.09. The van der Waals surface area contributed by atoms with Crippen LogP contribution in [0.3, 0.4) is 0 Å². The van der Waals surface area contributed by atoms with E-state index in [1.54, 1.807) is 12.3 Å². The third-order valence-corrected chi connectivity index (χ3v) is 4.66. The highest BCUT2D eigenvalue weighted by molar-refractivity contribution is 7.86. The fourth-order valence-electron chi connectivity index (χ4n) is 2.35. The predicted molar refractivity (Wildman–Crippen MR) is 87.6 cm³/mol. The van der Waals surface area contributed by atoms with E-state index in [-0.39, 0.29) is 10.7 Å². The van der Waals surface area contributed by atoms with Crippen LogP contribution < -0.4 is 9.46 Å². The number of hydrogen-bond donors (Lipinski definition) is 1. The van der Waals surface area contributed by atoms with E-state index in [9.17, 15) is 13.0 Å². The average molecular weight is 362 g/mol. The summed E-state index contributed by atoms with van der Waals surface area (Å²) in [6.07, 6.45) is 3.02. The van der Waals surface area contributed by atoms with Crippen LogP contribution in [0.25, 0.3) is 5.65 Å². The van der Waals surface area contributed by atoms with Gasteiger partial charge in [0, 0.05) is 12.3 Å². The monoisotopic (exact) mass is 362 g/mol. The summed E-state index contributed by atoms with van der Waals surface area (Å²) >= 11 is 0. The van der Waals surface area contributed by atoms with Gasteiger partial charge in [0.15, 0.2) is 27.4 Å². The van der Waals surface area contributed by atoms with Crippen molar-refractivity contribution in [3.63, 3.8) is 0 Å². The number of hydrogen-bond acceptors (Lipinski definition) is 4. The third-order valence-electron chi connectivity index (χ3n) is 3.57. The first kappa shape index (κ1) is 16.9. The van der Waals surface area contributed by atoms with E-state index in [1.807, 2.05) is 6.92 Å². The lowest BCUT2D eigenvalue weighted by atomic mass is 10.2. The highest BCUT2D eigenvalue weighted by atomic mass is 32.2. The first-order valence-corrected chi connectivity index (χ1v) is 8.19. The SMILES string of the molecule is COc1c(C)ccn2c(S(=O)Nc3cc(F)c(C#N)cc3F)cnc12. The predicted octanol–water partition coefficient (Wildman–Crippen LogP) is 2.94. The van der Waals surface area contributed by atoms with Crippen LogP contribution in [0.2, 0.25) is 0 Å². The number of halogens is 2. The molecular formula is C16H12F2N4O2S. The number of imidazole rings is 1. The number of anilines is 1. The molecule has 0 aliphatic heterocycles. The number of nitrogens with zero attached hydrogens (tertiary/aromatic N) is 3. The minimum Gasteiger partial charge on any atom is -0.493 e. The molecule has 128 valence electrons. The Morgan fingerprint density at radius 2 is 2.12 bits per heavy atom. The Balaban J connectivity index is 1.99. The van der Waals surface area contributed by atoms with Crippen molar-refractivity contribution in [2.45, 2.75) is 11.9 Å². The molecule has 1 atom stereocenters. The lowest BCUT2D eigenvalue weighted by molar-refractivity contribution is 0.413. The van der Waals surface area contributed by atoms with Crippen molar-refractivity contribution in [3.05, 3.63) is 53.4 Å². The van der Waals surface area contributed by atoms with Crippen molar-refractivity contribution in [3.8, 4) is 11.8 Å². The summed E-state index contributed by atoms with van der Waals surface area (Å²) in [5.41, 5.74) is 0.568. The number of nitriles is 1. The number of rotatable bonds is 4. The Hall–Kier alpha value is -2.99. The molecule has 0 bridgehead atoms. The topological polar surface area (TPSA) is 79.4 Å². The largest absolute Gasteiger partial charge is 0.493 e. The molecule has 0 aliphatic carbocycles.